The van der Waals surface area contributed by atoms with Gasteiger partial charge in [0.2, 0.25) is 0 Å². The van der Waals surface area contributed by atoms with Gasteiger partial charge in [0.25, 0.3) is 0 Å². The highest BCUT2D eigenvalue weighted by molar-refractivity contribution is 5.34. The molecule has 0 aromatic carbocycles. The first-order valence-corrected chi connectivity index (χ1v) is 3.82. The molecule has 11 heavy (non-hydrogen) atoms. The molecular weight excluding hydrogens is 136 g/mol. The highest BCUT2D eigenvalue weighted by Gasteiger charge is 2.00. The maximum absolute atomic E-state index is 5.07. The Labute approximate surface area is 68.1 Å². The van der Waals surface area contributed by atoms with Crippen LogP contribution in [0.2, 0.25) is 0 Å². The van der Waals surface area contributed by atoms with Crippen molar-refractivity contribution in [1.82, 2.24) is 0 Å². The molecule has 1 rings (SSSR count). The molecule has 0 heterocycles. The summed E-state index contributed by atoms with van der Waals surface area (Å²) >= 11 is 0. The summed E-state index contributed by atoms with van der Waals surface area (Å²) in [5, 5.41) is 0. The van der Waals surface area contributed by atoms with Gasteiger partial charge in [-0.05, 0) is 38.0 Å². The van der Waals surface area contributed by atoms with Gasteiger partial charge in [-0.25, -0.2) is 0 Å². The van der Waals surface area contributed by atoms with Crippen molar-refractivity contribution in [1.29, 1.82) is 0 Å². The Morgan fingerprint density at radius 3 is 2.45 bits per heavy atom. The summed E-state index contributed by atoms with van der Waals surface area (Å²) in [5.41, 5.74) is 2.78. The lowest BCUT2D eigenvalue weighted by Crippen LogP contribution is -1.91. The van der Waals surface area contributed by atoms with Crippen molar-refractivity contribution in [2.75, 3.05) is 7.11 Å². The Morgan fingerprint density at radius 1 is 1.36 bits per heavy atom. The molecule has 1 aliphatic carbocycles. The van der Waals surface area contributed by atoms with Crippen LogP contribution in [0.1, 0.15) is 20.3 Å². The van der Waals surface area contributed by atoms with Gasteiger partial charge in [0.15, 0.2) is 0 Å². The summed E-state index contributed by atoms with van der Waals surface area (Å²) in [5.74, 6) is 0.968. The third-order valence-electron chi connectivity index (χ3n) is 1.85. The zero-order chi connectivity index (χ0) is 8.27. The maximum Gasteiger partial charge on any atom is 0.115 e. The van der Waals surface area contributed by atoms with Gasteiger partial charge < -0.3 is 4.74 Å². The van der Waals surface area contributed by atoms with E-state index in [-0.39, 0.29) is 0 Å². The minimum absolute atomic E-state index is 0.968. The fourth-order valence-electron chi connectivity index (χ4n) is 1.05. The van der Waals surface area contributed by atoms with Crippen LogP contribution in [-0.4, -0.2) is 7.11 Å². The molecule has 0 aliphatic heterocycles. The number of ether oxygens (including phenoxy) is 1. The molecule has 0 aromatic rings. The van der Waals surface area contributed by atoms with Gasteiger partial charge in [-0.1, -0.05) is 11.6 Å². The quantitative estimate of drug-likeness (QED) is 0.558. The molecule has 0 fully saturated rings. The molecule has 0 spiro atoms. The van der Waals surface area contributed by atoms with E-state index in [4.69, 9.17) is 4.74 Å². The van der Waals surface area contributed by atoms with E-state index in [1.54, 1.807) is 7.11 Å². The molecule has 0 bridgehead atoms. The average molecular weight is 150 g/mol. The minimum atomic E-state index is 0.968. The van der Waals surface area contributed by atoms with Gasteiger partial charge in [-0.3, -0.25) is 0 Å². The van der Waals surface area contributed by atoms with E-state index in [0.29, 0.717) is 0 Å². The van der Waals surface area contributed by atoms with Crippen molar-refractivity contribution < 1.29 is 4.74 Å². The summed E-state index contributed by atoms with van der Waals surface area (Å²) in [7, 11) is 1.70. The standard InChI is InChI=1S/C10H14O/c1-8(2)9-4-6-10(11-3)7-5-9/h4,6-7H,5H2,1-3H3. The first-order chi connectivity index (χ1) is 5.24. The van der Waals surface area contributed by atoms with Gasteiger partial charge in [0, 0.05) is 0 Å². The predicted octanol–water partition coefficient (Wildman–Crippen LogP) is 2.81. The van der Waals surface area contributed by atoms with Gasteiger partial charge >= 0.3 is 0 Å². The van der Waals surface area contributed by atoms with Crippen LogP contribution in [0.5, 0.6) is 0 Å². The van der Waals surface area contributed by atoms with Crippen LogP contribution in [0.3, 0.4) is 0 Å². The third kappa shape index (κ3) is 1.97. The fraction of sp³-hybridized carbons (Fsp3) is 0.400. The highest BCUT2D eigenvalue weighted by atomic mass is 16.5. The topological polar surface area (TPSA) is 9.23 Å². The normalized spacial score (nSPS) is 16.3. The number of rotatable bonds is 1. The van der Waals surface area contributed by atoms with E-state index in [1.807, 2.05) is 6.08 Å². The molecule has 0 unspecified atom stereocenters. The summed E-state index contributed by atoms with van der Waals surface area (Å²) in [6, 6.07) is 0. The first kappa shape index (κ1) is 8.12. The summed E-state index contributed by atoms with van der Waals surface area (Å²) in [6.07, 6.45) is 7.23. The number of allylic oxidation sites excluding steroid dienone is 5. The van der Waals surface area contributed by atoms with Crippen molar-refractivity contribution in [2.24, 2.45) is 0 Å². The van der Waals surface area contributed by atoms with Crippen LogP contribution < -0.4 is 0 Å². The molecule has 0 aromatic heterocycles. The Hall–Kier alpha value is -0.980. The van der Waals surface area contributed by atoms with Crippen molar-refractivity contribution in [2.45, 2.75) is 20.3 Å². The van der Waals surface area contributed by atoms with E-state index in [9.17, 15) is 0 Å². The molecule has 1 aliphatic rings. The smallest absolute Gasteiger partial charge is 0.115 e. The lowest BCUT2D eigenvalue weighted by molar-refractivity contribution is 0.304. The minimum Gasteiger partial charge on any atom is -0.497 e. The predicted molar refractivity (Wildman–Crippen MR) is 47.2 cm³/mol. The second kappa shape index (κ2) is 3.42. The number of methoxy groups -OCH3 is 1. The molecule has 0 saturated heterocycles. The number of hydrogen-bond donors (Lipinski definition) is 0. The van der Waals surface area contributed by atoms with E-state index >= 15 is 0 Å². The maximum atomic E-state index is 5.07. The first-order valence-electron chi connectivity index (χ1n) is 3.82. The zero-order valence-corrected chi connectivity index (χ0v) is 7.35. The zero-order valence-electron chi connectivity index (χ0n) is 7.35. The Bertz CT molecular complexity index is 227. The molecule has 1 heteroatoms. The van der Waals surface area contributed by atoms with E-state index in [2.05, 4.69) is 26.0 Å². The lowest BCUT2D eigenvalue weighted by Gasteiger charge is -2.09. The molecule has 1 nitrogen and oxygen atoms in total. The molecule has 60 valence electrons. The summed E-state index contributed by atoms with van der Waals surface area (Å²) in [4.78, 5) is 0. The van der Waals surface area contributed by atoms with Crippen LogP contribution in [0.15, 0.2) is 35.1 Å². The fourth-order valence-corrected chi connectivity index (χ4v) is 1.05. The van der Waals surface area contributed by atoms with Gasteiger partial charge in [0.05, 0.1) is 7.11 Å². The Morgan fingerprint density at radius 2 is 2.09 bits per heavy atom. The van der Waals surface area contributed by atoms with Crippen molar-refractivity contribution >= 4 is 0 Å². The molecule has 0 radical (unpaired) electrons. The van der Waals surface area contributed by atoms with Gasteiger partial charge in [-0.2, -0.15) is 0 Å². The molecule has 0 N–H and O–H groups in total. The van der Waals surface area contributed by atoms with Crippen LogP contribution in [0, 0.1) is 0 Å². The Kier molecular flexibility index (Phi) is 2.53. The second-order valence-electron chi connectivity index (χ2n) is 2.87. The van der Waals surface area contributed by atoms with E-state index in [0.717, 1.165) is 12.2 Å². The van der Waals surface area contributed by atoms with Crippen LogP contribution in [0.4, 0.5) is 0 Å². The Balaban J connectivity index is 2.72. The third-order valence-corrected chi connectivity index (χ3v) is 1.85. The van der Waals surface area contributed by atoms with E-state index < -0.39 is 0 Å². The van der Waals surface area contributed by atoms with Crippen molar-refractivity contribution in [3.63, 3.8) is 0 Å². The van der Waals surface area contributed by atoms with Gasteiger partial charge in [0.1, 0.15) is 5.76 Å². The van der Waals surface area contributed by atoms with E-state index in [1.165, 1.54) is 11.1 Å². The summed E-state index contributed by atoms with van der Waals surface area (Å²) in [6.45, 7) is 4.26. The van der Waals surface area contributed by atoms with Crippen molar-refractivity contribution in [3.05, 3.63) is 35.1 Å². The molecule has 0 saturated carbocycles. The van der Waals surface area contributed by atoms with Gasteiger partial charge in [-0.15, -0.1) is 0 Å². The highest BCUT2D eigenvalue weighted by Crippen LogP contribution is 2.18. The molecule has 0 atom stereocenters. The van der Waals surface area contributed by atoms with Crippen LogP contribution in [-0.2, 0) is 4.74 Å². The average Bonchev–Trinajstić information content (AvgIpc) is 2.05. The van der Waals surface area contributed by atoms with Crippen LogP contribution in [0.25, 0.3) is 0 Å². The lowest BCUT2D eigenvalue weighted by atomic mass is 10.0. The molecule has 0 amide bonds. The molecular formula is C10H14O. The van der Waals surface area contributed by atoms with Crippen molar-refractivity contribution in [3.8, 4) is 0 Å². The summed E-state index contributed by atoms with van der Waals surface area (Å²) < 4.78 is 5.07. The SMILES string of the molecule is COC1=CCC(=C(C)C)C=C1. The monoisotopic (exact) mass is 150 g/mol. The van der Waals surface area contributed by atoms with Crippen LogP contribution >= 0.6 is 0 Å². The number of hydrogen-bond acceptors (Lipinski definition) is 1. The largest absolute Gasteiger partial charge is 0.497 e. The second-order valence-corrected chi connectivity index (χ2v) is 2.87.